The summed E-state index contributed by atoms with van der Waals surface area (Å²) < 4.78 is 10.3. The number of carbonyl (C=O) groups is 1. The van der Waals surface area contributed by atoms with Gasteiger partial charge in [0.05, 0.1) is 11.5 Å². The molecule has 1 rings (SSSR count). The number of benzene rings is 1. The molecule has 0 N–H and O–H groups in total. The molecule has 0 saturated heterocycles. The highest BCUT2D eigenvalue weighted by molar-refractivity contribution is 5.71. The summed E-state index contributed by atoms with van der Waals surface area (Å²) in [5, 5.41) is 10.8. The first kappa shape index (κ1) is 15.9. The van der Waals surface area contributed by atoms with E-state index >= 15 is 0 Å². The molecule has 0 aliphatic rings. The molecule has 0 saturated carbocycles. The molecule has 0 amide bonds. The van der Waals surface area contributed by atoms with Crippen LogP contribution in [0.4, 0.5) is 5.69 Å². The number of hydrogen-bond donors (Lipinski definition) is 0. The van der Waals surface area contributed by atoms with Crippen LogP contribution in [-0.4, -0.2) is 24.1 Å². The summed E-state index contributed by atoms with van der Waals surface area (Å²) in [6.45, 7) is 5.53. The van der Waals surface area contributed by atoms with Crippen molar-refractivity contribution < 1.29 is 19.2 Å². The summed E-state index contributed by atoms with van der Waals surface area (Å²) in [4.78, 5) is 21.8. The molecule has 0 aliphatic carbocycles. The lowest BCUT2D eigenvalue weighted by Gasteiger charge is -2.10. The predicted octanol–water partition coefficient (Wildman–Crippen LogP) is 2.93. The number of ether oxygens (including phenoxy) is 2. The predicted molar refractivity (Wildman–Crippen MR) is 73.9 cm³/mol. The van der Waals surface area contributed by atoms with Crippen LogP contribution in [-0.2, 0) is 9.53 Å². The number of carbonyl (C=O) groups excluding carboxylic acids is 1. The molecule has 110 valence electrons. The fourth-order valence-electron chi connectivity index (χ4n) is 1.64. The third kappa shape index (κ3) is 4.53. The van der Waals surface area contributed by atoms with Crippen molar-refractivity contribution >= 4 is 11.7 Å². The molecule has 0 heterocycles. The molecule has 20 heavy (non-hydrogen) atoms. The van der Waals surface area contributed by atoms with Gasteiger partial charge in [-0.2, -0.15) is 0 Å². The van der Waals surface area contributed by atoms with Gasteiger partial charge in [0.1, 0.15) is 5.75 Å². The lowest BCUT2D eigenvalue weighted by molar-refractivity contribution is -0.385. The number of hydrogen-bond acceptors (Lipinski definition) is 5. The van der Waals surface area contributed by atoms with Crippen LogP contribution in [0.5, 0.6) is 5.75 Å². The number of unbranched alkanes of at least 4 members (excludes halogenated alkanes) is 1. The van der Waals surface area contributed by atoms with Gasteiger partial charge in [0.2, 0.25) is 0 Å². The minimum atomic E-state index is -0.439. The highest BCUT2D eigenvalue weighted by atomic mass is 16.6. The van der Waals surface area contributed by atoms with E-state index in [1.165, 1.54) is 6.07 Å². The van der Waals surface area contributed by atoms with E-state index in [0.29, 0.717) is 23.5 Å². The molecule has 0 radical (unpaired) electrons. The van der Waals surface area contributed by atoms with E-state index in [-0.39, 0.29) is 12.3 Å². The van der Waals surface area contributed by atoms with Gasteiger partial charge < -0.3 is 9.47 Å². The molecule has 6 nitrogen and oxygen atoms in total. The van der Waals surface area contributed by atoms with Crippen molar-refractivity contribution in [3.05, 3.63) is 33.4 Å². The Hall–Kier alpha value is -2.11. The summed E-state index contributed by atoms with van der Waals surface area (Å²) in [5.41, 5.74) is 1.15. The van der Waals surface area contributed by atoms with Gasteiger partial charge in [-0.05, 0) is 31.9 Å². The molecule has 1 aromatic carbocycles. The number of nitro benzene ring substituents is 1. The Balaban J connectivity index is 2.63. The number of esters is 1. The fourth-order valence-corrected chi connectivity index (χ4v) is 1.64. The van der Waals surface area contributed by atoms with E-state index in [1.807, 2.05) is 6.92 Å². The van der Waals surface area contributed by atoms with Crippen LogP contribution in [0.3, 0.4) is 0 Å². The zero-order chi connectivity index (χ0) is 15.1. The average Bonchev–Trinajstić information content (AvgIpc) is 2.39. The molecule has 0 aliphatic heterocycles. The zero-order valence-corrected chi connectivity index (χ0v) is 12.0. The minimum Gasteiger partial charge on any atom is -0.482 e. The number of aryl methyl sites for hydroxylation is 2. The summed E-state index contributed by atoms with van der Waals surface area (Å²) in [6, 6.07) is 3.00. The van der Waals surface area contributed by atoms with Gasteiger partial charge in [-0.3, -0.25) is 10.1 Å². The Labute approximate surface area is 117 Å². The van der Waals surface area contributed by atoms with E-state index in [1.54, 1.807) is 19.9 Å². The lowest BCUT2D eigenvalue weighted by Crippen LogP contribution is -2.16. The minimum absolute atomic E-state index is 0.0420. The van der Waals surface area contributed by atoms with Gasteiger partial charge in [0.25, 0.3) is 5.69 Å². The van der Waals surface area contributed by atoms with Crippen molar-refractivity contribution in [2.75, 3.05) is 13.2 Å². The summed E-state index contributed by atoms with van der Waals surface area (Å²) in [5.74, 6) is 0.0226. The molecule has 0 fully saturated rings. The van der Waals surface area contributed by atoms with Crippen LogP contribution in [0.2, 0.25) is 0 Å². The summed E-state index contributed by atoms with van der Waals surface area (Å²) in [6.07, 6.45) is 1.77. The van der Waals surface area contributed by atoms with Gasteiger partial charge in [-0.1, -0.05) is 13.3 Å². The number of nitrogens with zero attached hydrogens (tertiary/aromatic N) is 1. The Morgan fingerprint density at radius 3 is 2.60 bits per heavy atom. The van der Waals surface area contributed by atoms with E-state index in [2.05, 4.69) is 0 Å². The third-order valence-electron chi connectivity index (χ3n) is 2.80. The molecule has 0 unspecified atom stereocenters. The molecular formula is C14H19NO5. The van der Waals surface area contributed by atoms with Crippen molar-refractivity contribution in [1.82, 2.24) is 0 Å². The maximum Gasteiger partial charge on any atom is 0.344 e. The summed E-state index contributed by atoms with van der Waals surface area (Å²) >= 11 is 0. The van der Waals surface area contributed by atoms with Gasteiger partial charge in [-0.15, -0.1) is 0 Å². The second-order valence-electron chi connectivity index (χ2n) is 4.52. The highest BCUT2D eigenvalue weighted by Crippen LogP contribution is 2.27. The van der Waals surface area contributed by atoms with Crippen molar-refractivity contribution in [1.29, 1.82) is 0 Å². The third-order valence-corrected chi connectivity index (χ3v) is 2.80. The molecular weight excluding hydrogens is 262 g/mol. The maximum absolute atomic E-state index is 11.4. The Bertz CT molecular complexity index is 499. The molecule has 6 heteroatoms. The maximum atomic E-state index is 11.4. The van der Waals surface area contributed by atoms with Gasteiger partial charge >= 0.3 is 5.97 Å². The van der Waals surface area contributed by atoms with Gasteiger partial charge in [-0.25, -0.2) is 4.79 Å². The largest absolute Gasteiger partial charge is 0.482 e. The van der Waals surface area contributed by atoms with Crippen LogP contribution in [0.15, 0.2) is 12.1 Å². The van der Waals surface area contributed by atoms with E-state index < -0.39 is 10.9 Å². The second-order valence-corrected chi connectivity index (χ2v) is 4.52. The Morgan fingerprint density at radius 1 is 1.30 bits per heavy atom. The number of nitro groups is 1. The number of rotatable bonds is 7. The lowest BCUT2D eigenvalue weighted by atomic mass is 10.1. The van der Waals surface area contributed by atoms with E-state index in [9.17, 15) is 14.9 Å². The van der Waals surface area contributed by atoms with Gasteiger partial charge in [0, 0.05) is 11.6 Å². The van der Waals surface area contributed by atoms with Crippen molar-refractivity contribution in [2.24, 2.45) is 0 Å². The molecule has 0 aromatic heterocycles. The van der Waals surface area contributed by atoms with E-state index in [0.717, 1.165) is 12.8 Å². The van der Waals surface area contributed by atoms with Crippen LogP contribution in [0, 0.1) is 24.0 Å². The highest BCUT2D eigenvalue weighted by Gasteiger charge is 2.15. The van der Waals surface area contributed by atoms with Crippen LogP contribution in [0.1, 0.15) is 30.9 Å². The molecule has 0 spiro atoms. The Kier molecular flexibility index (Phi) is 5.96. The Morgan fingerprint density at radius 2 is 2.00 bits per heavy atom. The first-order chi connectivity index (χ1) is 9.45. The second kappa shape index (κ2) is 7.47. The van der Waals surface area contributed by atoms with Crippen molar-refractivity contribution in [2.45, 2.75) is 33.6 Å². The van der Waals surface area contributed by atoms with Gasteiger partial charge in [0.15, 0.2) is 6.61 Å². The van der Waals surface area contributed by atoms with Crippen LogP contribution >= 0.6 is 0 Å². The average molecular weight is 281 g/mol. The normalized spacial score (nSPS) is 10.2. The van der Waals surface area contributed by atoms with Crippen LogP contribution < -0.4 is 4.74 Å². The first-order valence-corrected chi connectivity index (χ1v) is 6.49. The summed E-state index contributed by atoms with van der Waals surface area (Å²) in [7, 11) is 0. The van der Waals surface area contributed by atoms with E-state index in [4.69, 9.17) is 9.47 Å². The molecule has 0 atom stereocenters. The van der Waals surface area contributed by atoms with Crippen molar-refractivity contribution in [3.8, 4) is 5.75 Å². The fraction of sp³-hybridized carbons (Fsp3) is 0.500. The SMILES string of the molecule is CCCCOC(=O)COc1cc(C)c([N+](=O)[O-])cc1C. The standard InChI is InChI=1S/C14H19NO5/c1-4-5-6-19-14(16)9-20-13-8-10(2)12(15(17)18)7-11(13)3/h7-8H,4-6,9H2,1-3H3. The van der Waals surface area contributed by atoms with Crippen LogP contribution in [0.25, 0.3) is 0 Å². The quantitative estimate of drug-likeness (QED) is 0.332. The van der Waals surface area contributed by atoms with Crippen molar-refractivity contribution in [3.63, 3.8) is 0 Å². The molecule has 1 aromatic rings. The first-order valence-electron chi connectivity index (χ1n) is 6.49. The zero-order valence-electron chi connectivity index (χ0n) is 12.0. The molecule has 0 bridgehead atoms. The smallest absolute Gasteiger partial charge is 0.344 e. The topological polar surface area (TPSA) is 78.7 Å². The monoisotopic (exact) mass is 281 g/mol.